The zero-order valence-electron chi connectivity index (χ0n) is 9.09. The van der Waals surface area contributed by atoms with Crippen LogP contribution in [-0.2, 0) is 6.54 Å². The van der Waals surface area contributed by atoms with Gasteiger partial charge in [0.05, 0.1) is 6.54 Å². The maximum atomic E-state index is 4.26. The third-order valence-electron chi connectivity index (χ3n) is 3.29. The molecule has 0 amide bonds. The van der Waals surface area contributed by atoms with Crippen molar-refractivity contribution in [3.63, 3.8) is 0 Å². The van der Waals surface area contributed by atoms with Crippen LogP contribution in [0.15, 0.2) is 0 Å². The van der Waals surface area contributed by atoms with Crippen molar-refractivity contribution in [2.75, 3.05) is 0 Å². The minimum absolute atomic E-state index is 0.519. The Labute approximate surface area is 84.5 Å². The molecule has 4 nitrogen and oxygen atoms in total. The van der Waals surface area contributed by atoms with Gasteiger partial charge in [0, 0.05) is 6.04 Å². The van der Waals surface area contributed by atoms with E-state index in [9.17, 15) is 0 Å². The second kappa shape index (κ2) is 3.35. The summed E-state index contributed by atoms with van der Waals surface area (Å²) in [6.07, 6.45) is 2.68. The Morgan fingerprint density at radius 3 is 2.79 bits per heavy atom. The molecule has 1 aromatic rings. The van der Waals surface area contributed by atoms with Gasteiger partial charge in [0.25, 0.3) is 0 Å². The van der Waals surface area contributed by atoms with E-state index < -0.39 is 0 Å². The first-order valence-electron chi connectivity index (χ1n) is 5.21. The fourth-order valence-electron chi connectivity index (χ4n) is 1.59. The molecule has 0 radical (unpaired) electrons. The third kappa shape index (κ3) is 1.95. The first-order valence-corrected chi connectivity index (χ1v) is 5.21. The minimum atomic E-state index is 0.519. The van der Waals surface area contributed by atoms with E-state index in [1.54, 1.807) is 0 Å². The normalized spacial score (nSPS) is 20.8. The third-order valence-corrected chi connectivity index (χ3v) is 3.29. The molecule has 1 aliphatic carbocycles. The summed E-state index contributed by atoms with van der Waals surface area (Å²) in [6.45, 7) is 7.25. The molecule has 1 heterocycles. The van der Waals surface area contributed by atoms with Crippen LogP contribution in [0.5, 0.6) is 0 Å². The SMILES string of the molecule is Cc1nc(CNC(C)C2(C)CC2)n[nH]1. The molecular formula is C10H18N4. The standard InChI is InChI=1S/C10H18N4/c1-7(10(3)4-5-10)11-6-9-12-8(2)13-14-9/h7,11H,4-6H2,1-3H3,(H,12,13,14). The Bertz CT molecular complexity index is 314. The van der Waals surface area contributed by atoms with Crippen molar-refractivity contribution in [2.45, 2.75) is 46.2 Å². The summed E-state index contributed by atoms with van der Waals surface area (Å²) in [5.41, 5.74) is 0.519. The lowest BCUT2D eigenvalue weighted by atomic mass is 10.0. The summed E-state index contributed by atoms with van der Waals surface area (Å²) >= 11 is 0. The topological polar surface area (TPSA) is 53.6 Å². The highest BCUT2D eigenvalue weighted by molar-refractivity contribution is 4.97. The van der Waals surface area contributed by atoms with Crippen molar-refractivity contribution in [3.8, 4) is 0 Å². The molecule has 1 saturated carbocycles. The summed E-state index contributed by atoms with van der Waals surface area (Å²) in [4.78, 5) is 4.26. The van der Waals surface area contributed by atoms with Crippen molar-refractivity contribution in [3.05, 3.63) is 11.6 Å². The maximum Gasteiger partial charge on any atom is 0.164 e. The molecule has 1 aromatic heterocycles. The monoisotopic (exact) mass is 194 g/mol. The summed E-state index contributed by atoms with van der Waals surface area (Å²) < 4.78 is 0. The number of aryl methyl sites for hydroxylation is 1. The smallest absolute Gasteiger partial charge is 0.164 e. The van der Waals surface area contributed by atoms with Crippen LogP contribution in [0.1, 0.15) is 38.3 Å². The molecule has 1 unspecified atom stereocenters. The van der Waals surface area contributed by atoms with Gasteiger partial charge in [-0.25, -0.2) is 4.98 Å². The van der Waals surface area contributed by atoms with E-state index in [1.165, 1.54) is 12.8 Å². The van der Waals surface area contributed by atoms with Crippen LogP contribution in [-0.4, -0.2) is 21.2 Å². The van der Waals surface area contributed by atoms with E-state index in [-0.39, 0.29) is 0 Å². The molecule has 0 spiro atoms. The molecule has 1 fully saturated rings. The average molecular weight is 194 g/mol. The van der Waals surface area contributed by atoms with Gasteiger partial charge >= 0.3 is 0 Å². The lowest BCUT2D eigenvalue weighted by Gasteiger charge is -2.19. The van der Waals surface area contributed by atoms with Crippen molar-refractivity contribution < 1.29 is 0 Å². The van der Waals surface area contributed by atoms with Crippen LogP contribution >= 0.6 is 0 Å². The molecule has 14 heavy (non-hydrogen) atoms. The van der Waals surface area contributed by atoms with Crippen LogP contribution in [0.2, 0.25) is 0 Å². The van der Waals surface area contributed by atoms with Gasteiger partial charge in [-0.1, -0.05) is 6.92 Å². The number of nitrogens with one attached hydrogen (secondary N) is 2. The Kier molecular flexibility index (Phi) is 2.31. The number of aromatic amines is 1. The largest absolute Gasteiger partial charge is 0.307 e. The van der Waals surface area contributed by atoms with Crippen LogP contribution in [0.25, 0.3) is 0 Å². The highest BCUT2D eigenvalue weighted by atomic mass is 15.2. The van der Waals surface area contributed by atoms with Gasteiger partial charge < -0.3 is 5.32 Å². The molecule has 2 N–H and O–H groups in total. The van der Waals surface area contributed by atoms with E-state index in [4.69, 9.17) is 0 Å². The number of hydrogen-bond donors (Lipinski definition) is 2. The van der Waals surface area contributed by atoms with Crippen molar-refractivity contribution in [1.82, 2.24) is 20.5 Å². The van der Waals surface area contributed by atoms with Crippen molar-refractivity contribution in [1.29, 1.82) is 0 Å². The van der Waals surface area contributed by atoms with Crippen LogP contribution in [0.3, 0.4) is 0 Å². The lowest BCUT2D eigenvalue weighted by Crippen LogP contribution is -2.33. The summed E-state index contributed by atoms with van der Waals surface area (Å²) in [5.74, 6) is 1.74. The predicted octanol–water partition coefficient (Wildman–Crippen LogP) is 1.39. The predicted molar refractivity (Wildman–Crippen MR) is 54.8 cm³/mol. The van der Waals surface area contributed by atoms with Crippen molar-refractivity contribution in [2.24, 2.45) is 5.41 Å². The fraction of sp³-hybridized carbons (Fsp3) is 0.800. The Morgan fingerprint density at radius 1 is 1.57 bits per heavy atom. The van der Waals surface area contributed by atoms with E-state index in [2.05, 4.69) is 34.3 Å². The van der Waals surface area contributed by atoms with Gasteiger partial charge in [0.15, 0.2) is 5.82 Å². The number of H-pyrrole nitrogens is 1. The molecule has 4 heteroatoms. The second-order valence-electron chi connectivity index (χ2n) is 4.59. The van der Waals surface area contributed by atoms with Gasteiger partial charge in [-0.3, -0.25) is 5.10 Å². The fourth-order valence-corrected chi connectivity index (χ4v) is 1.59. The van der Waals surface area contributed by atoms with Gasteiger partial charge in [0.2, 0.25) is 0 Å². The van der Waals surface area contributed by atoms with Gasteiger partial charge in [-0.2, -0.15) is 5.10 Å². The molecule has 1 atom stereocenters. The molecule has 0 bridgehead atoms. The summed E-state index contributed by atoms with van der Waals surface area (Å²) in [5, 5.41) is 10.4. The van der Waals surface area contributed by atoms with E-state index in [1.807, 2.05) is 6.92 Å². The number of rotatable bonds is 4. The highest BCUT2D eigenvalue weighted by Gasteiger charge is 2.42. The molecule has 0 saturated heterocycles. The average Bonchev–Trinajstić information content (AvgIpc) is 2.76. The van der Waals surface area contributed by atoms with E-state index in [0.29, 0.717) is 11.5 Å². The molecule has 1 aliphatic rings. The van der Waals surface area contributed by atoms with Gasteiger partial charge in [0.1, 0.15) is 5.82 Å². The van der Waals surface area contributed by atoms with Crippen molar-refractivity contribution >= 4 is 0 Å². The Hall–Kier alpha value is -0.900. The van der Waals surface area contributed by atoms with Gasteiger partial charge in [-0.15, -0.1) is 0 Å². The molecule has 2 rings (SSSR count). The summed E-state index contributed by atoms with van der Waals surface area (Å²) in [6, 6.07) is 0.557. The molecule has 0 aliphatic heterocycles. The van der Waals surface area contributed by atoms with Crippen LogP contribution in [0, 0.1) is 12.3 Å². The van der Waals surface area contributed by atoms with Crippen LogP contribution in [0.4, 0.5) is 0 Å². The second-order valence-corrected chi connectivity index (χ2v) is 4.59. The Morgan fingerprint density at radius 2 is 2.29 bits per heavy atom. The number of aromatic nitrogens is 3. The first kappa shape index (κ1) is 9.65. The number of nitrogens with zero attached hydrogens (tertiary/aromatic N) is 2. The maximum absolute atomic E-state index is 4.26. The van der Waals surface area contributed by atoms with Crippen LogP contribution < -0.4 is 5.32 Å². The lowest BCUT2D eigenvalue weighted by molar-refractivity contribution is 0.376. The first-order chi connectivity index (χ1) is 6.60. The zero-order chi connectivity index (χ0) is 10.2. The quantitative estimate of drug-likeness (QED) is 0.761. The number of hydrogen-bond acceptors (Lipinski definition) is 3. The summed E-state index contributed by atoms with van der Waals surface area (Å²) in [7, 11) is 0. The van der Waals surface area contributed by atoms with E-state index >= 15 is 0 Å². The minimum Gasteiger partial charge on any atom is -0.307 e. The van der Waals surface area contributed by atoms with Gasteiger partial charge in [-0.05, 0) is 32.1 Å². The van der Waals surface area contributed by atoms with E-state index in [0.717, 1.165) is 18.2 Å². The molecular weight excluding hydrogens is 176 g/mol. The highest BCUT2D eigenvalue weighted by Crippen LogP contribution is 2.47. The zero-order valence-corrected chi connectivity index (χ0v) is 9.09. The Balaban J connectivity index is 1.82. The molecule has 0 aromatic carbocycles. The molecule has 78 valence electrons.